The molecule has 88 valence electrons. The fraction of sp³-hybridized carbons (Fsp3) is 0.500. The van der Waals surface area contributed by atoms with Gasteiger partial charge in [0.15, 0.2) is 0 Å². The molecule has 0 unspecified atom stereocenters. The zero-order valence-electron chi connectivity index (χ0n) is 8.97. The molecule has 0 aromatic heterocycles. The van der Waals surface area contributed by atoms with Gasteiger partial charge in [0.2, 0.25) is 0 Å². The average molecular weight is 288 g/mol. The molecule has 1 fully saturated rings. The Balaban J connectivity index is 2.11. The molecule has 16 heavy (non-hydrogen) atoms. The van der Waals surface area contributed by atoms with Crippen LogP contribution >= 0.6 is 15.9 Å². The molecule has 0 saturated carbocycles. The van der Waals surface area contributed by atoms with Crippen LogP contribution in [0, 0.1) is 11.7 Å². The van der Waals surface area contributed by atoms with E-state index in [2.05, 4.69) is 21.2 Å². The van der Waals surface area contributed by atoms with Crippen molar-refractivity contribution in [3.63, 3.8) is 0 Å². The summed E-state index contributed by atoms with van der Waals surface area (Å²) < 4.78 is 14.2. The molecule has 1 aliphatic heterocycles. The topological polar surface area (TPSA) is 32.3 Å². The summed E-state index contributed by atoms with van der Waals surface area (Å²) in [5.41, 5.74) is 0.691. The van der Waals surface area contributed by atoms with Gasteiger partial charge in [-0.3, -0.25) is 0 Å². The standard InChI is InChI=1S/C12H15BrFNO/c13-10-6-9(11(14)7-12(10)16)5-8-1-3-15-4-2-8/h6-8,15-16H,1-5H2. The molecule has 0 amide bonds. The van der Waals surface area contributed by atoms with Gasteiger partial charge in [-0.2, -0.15) is 0 Å². The Hall–Kier alpha value is -0.610. The van der Waals surface area contributed by atoms with Crippen molar-refractivity contribution in [2.45, 2.75) is 19.3 Å². The molecule has 2 nitrogen and oxygen atoms in total. The molecule has 0 radical (unpaired) electrons. The lowest BCUT2D eigenvalue weighted by atomic mass is 9.91. The maximum absolute atomic E-state index is 13.6. The van der Waals surface area contributed by atoms with Gasteiger partial charge in [0.1, 0.15) is 11.6 Å². The second-order valence-corrected chi connectivity index (χ2v) is 5.15. The summed E-state index contributed by atoms with van der Waals surface area (Å²) >= 11 is 3.22. The molecular formula is C12H15BrFNO. The molecule has 1 heterocycles. The summed E-state index contributed by atoms with van der Waals surface area (Å²) in [5.74, 6) is 0.206. The second kappa shape index (κ2) is 5.15. The molecule has 4 heteroatoms. The predicted molar refractivity (Wildman–Crippen MR) is 65.1 cm³/mol. The number of halogens is 2. The number of rotatable bonds is 2. The van der Waals surface area contributed by atoms with E-state index in [4.69, 9.17) is 0 Å². The normalized spacial score (nSPS) is 17.6. The van der Waals surface area contributed by atoms with Gasteiger partial charge in [0, 0.05) is 6.07 Å². The van der Waals surface area contributed by atoms with E-state index in [0.29, 0.717) is 16.0 Å². The number of piperidine rings is 1. The quantitative estimate of drug-likeness (QED) is 0.877. The Morgan fingerprint density at radius 3 is 2.75 bits per heavy atom. The minimum atomic E-state index is -0.306. The van der Waals surface area contributed by atoms with Gasteiger partial charge in [0.25, 0.3) is 0 Å². The largest absolute Gasteiger partial charge is 0.507 e. The number of benzene rings is 1. The number of nitrogens with one attached hydrogen (secondary N) is 1. The first-order valence-corrected chi connectivity index (χ1v) is 6.33. The van der Waals surface area contributed by atoms with Crippen LogP contribution in [0.4, 0.5) is 4.39 Å². The van der Waals surface area contributed by atoms with Crippen LogP contribution in [0.1, 0.15) is 18.4 Å². The lowest BCUT2D eigenvalue weighted by Crippen LogP contribution is -2.28. The van der Waals surface area contributed by atoms with Crippen molar-refractivity contribution >= 4 is 15.9 Å². The van der Waals surface area contributed by atoms with Crippen LogP contribution in [0.25, 0.3) is 0 Å². The van der Waals surface area contributed by atoms with E-state index in [0.717, 1.165) is 32.4 Å². The molecule has 1 saturated heterocycles. The van der Waals surface area contributed by atoms with Crippen molar-refractivity contribution in [1.82, 2.24) is 5.32 Å². The first-order chi connectivity index (χ1) is 7.66. The predicted octanol–water partition coefficient (Wildman–Crippen LogP) is 2.84. The smallest absolute Gasteiger partial charge is 0.132 e. The molecule has 0 spiro atoms. The summed E-state index contributed by atoms with van der Waals surface area (Å²) in [6, 6.07) is 2.87. The van der Waals surface area contributed by atoms with E-state index < -0.39 is 0 Å². The van der Waals surface area contributed by atoms with E-state index >= 15 is 0 Å². The fourth-order valence-electron chi connectivity index (χ4n) is 2.13. The van der Waals surface area contributed by atoms with Gasteiger partial charge in [-0.05, 0) is 65.8 Å². The van der Waals surface area contributed by atoms with Gasteiger partial charge in [-0.1, -0.05) is 0 Å². The number of hydrogen-bond acceptors (Lipinski definition) is 2. The Kier molecular flexibility index (Phi) is 3.82. The van der Waals surface area contributed by atoms with Crippen molar-refractivity contribution in [2.75, 3.05) is 13.1 Å². The van der Waals surface area contributed by atoms with Crippen molar-refractivity contribution in [3.8, 4) is 5.75 Å². The van der Waals surface area contributed by atoms with Gasteiger partial charge in [-0.25, -0.2) is 4.39 Å². The van der Waals surface area contributed by atoms with Crippen LogP contribution in [0.15, 0.2) is 16.6 Å². The third-order valence-corrected chi connectivity index (χ3v) is 3.72. The Morgan fingerprint density at radius 1 is 1.38 bits per heavy atom. The van der Waals surface area contributed by atoms with Gasteiger partial charge in [-0.15, -0.1) is 0 Å². The Bertz CT molecular complexity index is 378. The van der Waals surface area contributed by atoms with E-state index in [9.17, 15) is 9.50 Å². The lowest BCUT2D eigenvalue weighted by Gasteiger charge is -2.22. The van der Waals surface area contributed by atoms with Crippen molar-refractivity contribution in [3.05, 3.63) is 28.0 Å². The van der Waals surface area contributed by atoms with Crippen molar-refractivity contribution < 1.29 is 9.50 Å². The van der Waals surface area contributed by atoms with Gasteiger partial charge in [0.05, 0.1) is 4.47 Å². The number of phenolic OH excluding ortho intramolecular Hbond substituents is 1. The summed E-state index contributed by atoms with van der Waals surface area (Å²) in [4.78, 5) is 0. The van der Waals surface area contributed by atoms with Crippen molar-refractivity contribution in [1.29, 1.82) is 0 Å². The molecule has 1 aromatic rings. The highest BCUT2D eigenvalue weighted by Gasteiger charge is 2.16. The highest BCUT2D eigenvalue weighted by Crippen LogP contribution is 2.29. The first-order valence-electron chi connectivity index (χ1n) is 5.54. The van der Waals surface area contributed by atoms with Crippen molar-refractivity contribution in [2.24, 2.45) is 5.92 Å². The second-order valence-electron chi connectivity index (χ2n) is 4.29. The fourth-order valence-corrected chi connectivity index (χ4v) is 2.52. The first kappa shape index (κ1) is 11.9. The maximum Gasteiger partial charge on any atom is 0.132 e. The van der Waals surface area contributed by atoms with E-state index in [-0.39, 0.29) is 11.6 Å². The number of hydrogen-bond donors (Lipinski definition) is 2. The van der Waals surface area contributed by atoms with Crippen LogP contribution in [-0.2, 0) is 6.42 Å². The Labute approximate surface area is 103 Å². The lowest BCUT2D eigenvalue weighted by molar-refractivity contribution is 0.368. The minimum absolute atomic E-state index is 0.0356. The van der Waals surface area contributed by atoms with Crippen LogP contribution in [0.3, 0.4) is 0 Å². The molecule has 1 aliphatic rings. The summed E-state index contributed by atoms with van der Waals surface area (Å²) in [6.45, 7) is 2.04. The summed E-state index contributed by atoms with van der Waals surface area (Å²) in [6.07, 6.45) is 2.95. The highest BCUT2D eigenvalue weighted by atomic mass is 79.9. The molecule has 2 N–H and O–H groups in total. The minimum Gasteiger partial charge on any atom is -0.507 e. The van der Waals surface area contributed by atoms with E-state index in [1.54, 1.807) is 6.07 Å². The average Bonchev–Trinajstić information content (AvgIpc) is 2.27. The highest BCUT2D eigenvalue weighted by molar-refractivity contribution is 9.10. The molecule has 0 atom stereocenters. The molecular weight excluding hydrogens is 273 g/mol. The van der Waals surface area contributed by atoms with Crippen LogP contribution < -0.4 is 5.32 Å². The third kappa shape index (κ3) is 2.74. The van der Waals surface area contributed by atoms with E-state index in [1.165, 1.54) is 6.07 Å². The molecule has 2 rings (SSSR count). The van der Waals surface area contributed by atoms with Crippen LogP contribution in [-0.4, -0.2) is 18.2 Å². The number of aromatic hydroxyl groups is 1. The summed E-state index contributed by atoms with van der Waals surface area (Å²) in [5, 5.41) is 12.6. The van der Waals surface area contributed by atoms with E-state index in [1.807, 2.05) is 0 Å². The monoisotopic (exact) mass is 287 g/mol. The van der Waals surface area contributed by atoms with Crippen LogP contribution in [0.5, 0.6) is 5.75 Å². The molecule has 1 aromatic carbocycles. The van der Waals surface area contributed by atoms with Gasteiger partial charge < -0.3 is 10.4 Å². The number of phenols is 1. The zero-order chi connectivity index (χ0) is 11.5. The molecule has 0 aliphatic carbocycles. The molecule has 0 bridgehead atoms. The Morgan fingerprint density at radius 2 is 2.06 bits per heavy atom. The summed E-state index contributed by atoms with van der Waals surface area (Å²) in [7, 11) is 0. The SMILES string of the molecule is Oc1cc(F)c(CC2CCNCC2)cc1Br. The zero-order valence-corrected chi connectivity index (χ0v) is 10.6. The van der Waals surface area contributed by atoms with Crippen LogP contribution in [0.2, 0.25) is 0 Å². The maximum atomic E-state index is 13.6. The third-order valence-electron chi connectivity index (χ3n) is 3.08. The van der Waals surface area contributed by atoms with Gasteiger partial charge >= 0.3 is 0 Å².